The van der Waals surface area contributed by atoms with Gasteiger partial charge in [-0.1, -0.05) is 0 Å². The Morgan fingerprint density at radius 1 is 1.30 bits per heavy atom. The zero-order valence-corrected chi connectivity index (χ0v) is 13.0. The Morgan fingerprint density at radius 2 is 1.90 bits per heavy atom. The van der Waals surface area contributed by atoms with Gasteiger partial charge in [0.15, 0.2) is 0 Å². The molecule has 20 heavy (non-hydrogen) atoms. The first-order chi connectivity index (χ1) is 9.08. The van der Waals surface area contributed by atoms with Crippen LogP contribution in [-0.2, 0) is 9.53 Å². The largest absolute Gasteiger partial charge is 0.481 e. The van der Waals surface area contributed by atoms with Gasteiger partial charge in [0.05, 0.1) is 17.1 Å². The molecule has 0 bridgehead atoms. The zero-order chi connectivity index (χ0) is 15.6. The van der Waals surface area contributed by atoms with Gasteiger partial charge in [-0.15, -0.1) is 0 Å². The average Bonchev–Trinajstić information content (AvgIpc) is 2.52. The molecule has 0 spiro atoms. The molecule has 1 aliphatic heterocycles. The highest BCUT2D eigenvalue weighted by Crippen LogP contribution is 2.30. The highest BCUT2D eigenvalue weighted by molar-refractivity contribution is 5.79. The molecule has 116 valence electrons. The Bertz CT molecular complexity index is 379. The number of carbonyl (C=O) groups is 2. The maximum atomic E-state index is 12.3. The quantitative estimate of drug-likeness (QED) is 0.827. The van der Waals surface area contributed by atoms with E-state index in [9.17, 15) is 14.7 Å². The van der Waals surface area contributed by atoms with E-state index in [1.165, 1.54) is 0 Å². The van der Waals surface area contributed by atoms with Crippen LogP contribution < -0.4 is 5.32 Å². The summed E-state index contributed by atoms with van der Waals surface area (Å²) < 4.78 is 5.50. The highest BCUT2D eigenvalue weighted by atomic mass is 16.5. The Kier molecular flexibility index (Phi) is 5.02. The molecule has 2 amide bonds. The summed E-state index contributed by atoms with van der Waals surface area (Å²) in [4.78, 5) is 25.4. The van der Waals surface area contributed by atoms with E-state index >= 15 is 0 Å². The lowest BCUT2D eigenvalue weighted by atomic mass is 9.74. The molecule has 0 saturated carbocycles. The molecule has 0 radical (unpaired) electrons. The van der Waals surface area contributed by atoms with Crippen LogP contribution >= 0.6 is 0 Å². The lowest BCUT2D eigenvalue weighted by molar-refractivity contribution is -0.150. The minimum atomic E-state index is -1.06. The van der Waals surface area contributed by atoms with Gasteiger partial charge in [-0.05, 0) is 41.0 Å². The highest BCUT2D eigenvalue weighted by Gasteiger charge is 2.45. The van der Waals surface area contributed by atoms with Crippen molar-refractivity contribution in [2.24, 2.45) is 5.41 Å². The van der Waals surface area contributed by atoms with Crippen molar-refractivity contribution < 1.29 is 19.4 Å². The molecule has 1 unspecified atom stereocenters. The van der Waals surface area contributed by atoms with Crippen molar-refractivity contribution in [3.05, 3.63) is 0 Å². The molecule has 1 saturated heterocycles. The number of rotatable bonds is 3. The van der Waals surface area contributed by atoms with Gasteiger partial charge >= 0.3 is 12.0 Å². The maximum Gasteiger partial charge on any atom is 0.317 e. The molecule has 0 aliphatic carbocycles. The van der Waals surface area contributed by atoms with E-state index in [0.29, 0.717) is 19.7 Å². The molecular formula is C14H26N2O4. The smallest absolute Gasteiger partial charge is 0.317 e. The second-order valence-corrected chi connectivity index (χ2v) is 6.47. The number of nitrogens with zero attached hydrogens (tertiary/aromatic N) is 1. The molecule has 1 aliphatic rings. The van der Waals surface area contributed by atoms with Crippen molar-refractivity contribution in [2.45, 2.75) is 52.7 Å². The predicted octanol–water partition coefficient (Wildman–Crippen LogP) is 1.70. The molecule has 1 fully saturated rings. The molecule has 0 aromatic carbocycles. The Labute approximate surface area is 120 Å². The van der Waals surface area contributed by atoms with Crippen LogP contribution in [0.2, 0.25) is 0 Å². The van der Waals surface area contributed by atoms with Gasteiger partial charge in [0.1, 0.15) is 0 Å². The summed E-state index contributed by atoms with van der Waals surface area (Å²) in [5, 5.41) is 12.1. The monoisotopic (exact) mass is 286 g/mol. The van der Waals surface area contributed by atoms with E-state index in [2.05, 4.69) is 5.32 Å². The molecule has 0 aromatic rings. The maximum absolute atomic E-state index is 12.3. The van der Waals surface area contributed by atoms with E-state index in [1.807, 2.05) is 6.92 Å². The first kappa shape index (κ1) is 16.8. The van der Waals surface area contributed by atoms with Crippen LogP contribution in [0.3, 0.4) is 0 Å². The number of carbonyl (C=O) groups excluding carboxylic acids is 1. The average molecular weight is 286 g/mol. The van der Waals surface area contributed by atoms with Crippen molar-refractivity contribution in [3.63, 3.8) is 0 Å². The first-order valence-electron chi connectivity index (χ1n) is 7.00. The van der Waals surface area contributed by atoms with Gasteiger partial charge < -0.3 is 20.1 Å². The van der Waals surface area contributed by atoms with Crippen LogP contribution in [0.4, 0.5) is 4.79 Å². The topological polar surface area (TPSA) is 78.9 Å². The lowest BCUT2D eigenvalue weighted by Crippen LogP contribution is -2.60. The minimum absolute atomic E-state index is 0.00107. The summed E-state index contributed by atoms with van der Waals surface area (Å²) in [6, 6.07) is -0.235. The van der Waals surface area contributed by atoms with Crippen molar-refractivity contribution in [3.8, 4) is 0 Å². The van der Waals surface area contributed by atoms with Gasteiger partial charge in [0.2, 0.25) is 0 Å². The second kappa shape index (κ2) is 5.99. The number of amides is 2. The third-order valence-electron chi connectivity index (χ3n) is 4.26. The predicted molar refractivity (Wildman–Crippen MR) is 75.6 cm³/mol. The van der Waals surface area contributed by atoms with Crippen LogP contribution in [0, 0.1) is 5.41 Å². The minimum Gasteiger partial charge on any atom is -0.481 e. The standard InChI is InChI=1S/C14H26N2O4/c1-10-9-16(7-6-8-20-10)12(19)15-14(4,5)13(2,3)11(17)18/h10H,6-9H2,1-5H3,(H,15,19)(H,17,18). The van der Waals surface area contributed by atoms with Gasteiger partial charge in [-0.3, -0.25) is 4.79 Å². The van der Waals surface area contributed by atoms with E-state index in [0.717, 1.165) is 6.42 Å². The second-order valence-electron chi connectivity index (χ2n) is 6.47. The van der Waals surface area contributed by atoms with Crippen LogP contribution in [0.5, 0.6) is 0 Å². The molecule has 1 rings (SSSR count). The normalized spacial score (nSPS) is 21.2. The number of urea groups is 1. The van der Waals surface area contributed by atoms with Crippen molar-refractivity contribution in [1.29, 1.82) is 0 Å². The summed E-state index contributed by atoms with van der Waals surface area (Å²) >= 11 is 0. The third-order valence-corrected chi connectivity index (χ3v) is 4.26. The molecule has 1 heterocycles. The summed E-state index contributed by atoms with van der Waals surface area (Å²) in [5.74, 6) is -0.935. The molecule has 1 atom stereocenters. The van der Waals surface area contributed by atoms with E-state index in [1.54, 1.807) is 32.6 Å². The van der Waals surface area contributed by atoms with Crippen LogP contribution in [0.1, 0.15) is 41.0 Å². The number of aliphatic carboxylic acids is 1. The Balaban J connectivity index is 2.75. The van der Waals surface area contributed by atoms with Gasteiger partial charge in [-0.25, -0.2) is 4.79 Å². The molecule has 2 N–H and O–H groups in total. The van der Waals surface area contributed by atoms with Crippen LogP contribution in [0.15, 0.2) is 0 Å². The molecular weight excluding hydrogens is 260 g/mol. The summed E-state index contributed by atoms with van der Waals surface area (Å²) in [5.41, 5.74) is -1.91. The summed E-state index contributed by atoms with van der Waals surface area (Å²) in [6.45, 7) is 10.4. The summed E-state index contributed by atoms with van der Waals surface area (Å²) in [6.07, 6.45) is 0.791. The Morgan fingerprint density at radius 3 is 2.45 bits per heavy atom. The molecule has 6 heteroatoms. The van der Waals surface area contributed by atoms with Crippen molar-refractivity contribution >= 4 is 12.0 Å². The number of hydrogen-bond acceptors (Lipinski definition) is 3. The fourth-order valence-electron chi connectivity index (χ4n) is 1.95. The number of carboxylic acid groups (broad SMARTS) is 1. The number of nitrogens with one attached hydrogen (secondary N) is 1. The molecule has 6 nitrogen and oxygen atoms in total. The van der Waals surface area contributed by atoms with Crippen molar-refractivity contribution in [2.75, 3.05) is 19.7 Å². The number of ether oxygens (including phenoxy) is 1. The number of hydrogen-bond donors (Lipinski definition) is 2. The SMILES string of the molecule is CC1CN(C(=O)NC(C)(C)C(C)(C)C(=O)O)CCCO1. The van der Waals surface area contributed by atoms with Gasteiger partial charge in [0, 0.05) is 19.7 Å². The van der Waals surface area contributed by atoms with Gasteiger partial charge in [-0.2, -0.15) is 0 Å². The Hall–Kier alpha value is -1.30. The van der Waals surface area contributed by atoms with E-state index in [-0.39, 0.29) is 12.1 Å². The van der Waals surface area contributed by atoms with Crippen LogP contribution in [-0.4, -0.2) is 53.3 Å². The van der Waals surface area contributed by atoms with Gasteiger partial charge in [0.25, 0.3) is 0 Å². The lowest BCUT2D eigenvalue weighted by Gasteiger charge is -2.40. The fourth-order valence-corrected chi connectivity index (χ4v) is 1.95. The summed E-state index contributed by atoms with van der Waals surface area (Å²) in [7, 11) is 0. The third kappa shape index (κ3) is 3.62. The van der Waals surface area contributed by atoms with E-state index in [4.69, 9.17) is 4.74 Å². The number of carboxylic acids is 1. The fraction of sp³-hybridized carbons (Fsp3) is 0.857. The first-order valence-corrected chi connectivity index (χ1v) is 7.00. The molecule has 0 aromatic heterocycles. The zero-order valence-electron chi connectivity index (χ0n) is 13.0. The van der Waals surface area contributed by atoms with Crippen molar-refractivity contribution in [1.82, 2.24) is 10.2 Å². The van der Waals surface area contributed by atoms with Crippen LogP contribution in [0.25, 0.3) is 0 Å². The van der Waals surface area contributed by atoms with E-state index < -0.39 is 16.9 Å².